The first-order valence-electron chi connectivity index (χ1n) is 5.79. The van der Waals surface area contributed by atoms with E-state index in [1.807, 2.05) is 37.5 Å². The van der Waals surface area contributed by atoms with Crippen molar-refractivity contribution in [2.45, 2.75) is 6.42 Å². The molecule has 0 atom stereocenters. The number of oxazole rings is 1. The van der Waals surface area contributed by atoms with Gasteiger partial charge >= 0.3 is 0 Å². The second kappa shape index (κ2) is 4.49. The van der Waals surface area contributed by atoms with Gasteiger partial charge in [0.1, 0.15) is 5.69 Å². The third-order valence-corrected chi connectivity index (χ3v) is 2.80. The monoisotopic (exact) mass is 239 g/mol. The van der Waals surface area contributed by atoms with Gasteiger partial charge in [-0.1, -0.05) is 30.3 Å². The van der Waals surface area contributed by atoms with Gasteiger partial charge in [0.15, 0.2) is 12.2 Å². The van der Waals surface area contributed by atoms with Gasteiger partial charge in [-0.3, -0.25) is 4.68 Å². The maximum atomic E-state index is 5.45. The zero-order valence-electron chi connectivity index (χ0n) is 10.1. The van der Waals surface area contributed by atoms with Crippen LogP contribution in [0.1, 0.15) is 11.3 Å². The molecule has 0 aliphatic carbocycles. The fourth-order valence-corrected chi connectivity index (χ4v) is 1.93. The smallest absolute Gasteiger partial charge is 0.181 e. The van der Waals surface area contributed by atoms with Crippen LogP contribution in [-0.2, 0) is 13.5 Å². The van der Waals surface area contributed by atoms with Crippen LogP contribution < -0.4 is 0 Å². The van der Waals surface area contributed by atoms with Crippen LogP contribution in [0.3, 0.4) is 0 Å². The zero-order valence-corrected chi connectivity index (χ0v) is 10.1. The highest BCUT2D eigenvalue weighted by molar-refractivity contribution is 5.54. The first-order valence-corrected chi connectivity index (χ1v) is 5.79. The van der Waals surface area contributed by atoms with Crippen molar-refractivity contribution in [1.29, 1.82) is 0 Å². The van der Waals surface area contributed by atoms with Crippen LogP contribution in [0.15, 0.2) is 53.4 Å². The van der Waals surface area contributed by atoms with E-state index in [1.54, 1.807) is 4.68 Å². The summed E-state index contributed by atoms with van der Waals surface area (Å²) in [5.74, 6) is 0.749. The summed E-state index contributed by atoms with van der Waals surface area (Å²) in [6, 6.07) is 12.1. The topological polar surface area (TPSA) is 43.9 Å². The van der Waals surface area contributed by atoms with E-state index in [2.05, 4.69) is 22.2 Å². The van der Waals surface area contributed by atoms with E-state index in [4.69, 9.17) is 4.42 Å². The van der Waals surface area contributed by atoms with Gasteiger partial charge in [-0.05, 0) is 11.6 Å². The predicted octanol–water partition coefficient (Wildman–Crippen LogP) is 2.67. The molecule has 0 fully saturated rings. The molecule has 4 heteroatoms. The number of aromatic nitrogens is 3. The predicted molar refractivity (Wildman–Crippen MR) is 68.0 cm³/mol. The van der Waals surface area contributed by atoms with E-state index < -0.39 is 0 Å². The van der Waals surface area contributed by atoms with Gasteiger partial charge in [0, 0.05) is 19.7 Å². The molecule has 0 saturated heterocycles. The molecular formula is C14H13N3O. The lowest BCUT2D eigenvalue weighted by Crippen LogP contribution is -1.92. The highest BCUT2D eigenvalue weighted by Crippen LogP contribution is 2.23. The minimum Gasteiger partial charge on any atom is -0.441 e. The summed E-state index contributed by atoms with van der Waals surface area (Å²) < 4.78 is 7.20. The first-order chi connectivity index (χ1) is 8.83. The van der Waals surface area contributed by atoms with Crippen LogP contribution in [0.2, 0.25) is 0 Å². The number of benzene rings is 1. The molecule has 3 rings (SSSR count). The lowest BCUT2D eigenvalue weighted by atomic mass is 10.1. The molecule has 0 bridgehead atoms. The minimum absolute atomic E-state index is 0.749. The van der Waals surface area contributed by atoms with Crippen molar-refractivity contribution in [2.75, 3.05) is 0 Å². The largest absolute Gasteiger partial charge is 0.441 e. The van der Waals surface area contributed by atoms with E-state index in [0.717, 1.165) is 23.6 Å². The summed E-state index contributed by atoms with van der Waals surface area (Å²) in [4.78, 5) is 4.28. The summed E-state index contributed by atoms with van der Waals surface area (Å²) in [5.41, 5.74) is 2.95. The highest BCUT2D eigenvalue weighted by atomic mass is 16.3. The van der Waals surface area contributed by atoms with E-state index in [-0.39, 0.29) is 0 Å². The van der Waals surface area contributed by atoms with Crippen molar-refractivity contribution >= 4 is 0 Å². The third-order valence-electron chi connectivity index (χ3n) is 2.80. The van der Waals surface area contributed by atoms with Gasteiger partial charge in [0.05, 0.1) is 5.69 Å². The number of nitrogens with zero attached hydrogens (tertiary/aromatic N) is 3. The minimum atomic E-state index is 0.749. The molecule has 1 aromatic carbocycles. The molecule has 0 amide bonds. The quantitative estimate of drug-likeness (QED) is 0.705. The molecule has 2 heterocycles. The Labute approximate surface area is 105 Å². The van der Waals surface area contributed by atoms with Crippen molar-refractivity contribution < 1.29 is 4.42 Å². The molecular weight excluding hydrogens is 226 g/mol. The molecule has 0 unspecified atom stereocenters. The molecule has 0 aliphatic rings. The Kier molecular flexibility index (Phi) is 2.68. The summed E-state index contributed by atoms with van der Waals surface area (Å²) >= 11 is 0. The van der Waals surface area contributed by atoms with Gasteiger partial charge in [-0.15, -0.1) is 0 Å². The number of hydrogen-bond acceptors (Lipinski definition) is 3. The SMILES string of the molecule is Cn1ccc(-c2ocnc2Cc2ccccc2)n1. The maximum Gasteiger partial charge on any atom is 0.181 e. The molecule has 0 radical (unpaired) electrons. The Hall–Kier alpha value is -2.36. The van der Waals surface area contributed by atoms with Crippen LogP contribution >= 0.6 is 0 Å². The van der Waals surface area contributed by atoms with Crippen LogP contribution in [0.5, 0.6) is 0 Å². The first kappa shape index (κ1) is 10.8. The number of hydrogen-bond donors (Lipinski definition) is 0. The lowest BCUT2D eigenvalue weighted by Gasteiger charge is -1.99. The normalized spacial score (nSPS) is 10.7. The fraction of sp³-hybridized carbons (Fsp3) is 0.143. The lowest BCUT2D eigenvalue weighted by molar-refractivity contribution is 0.567. The molecule has 2 aromatic heterocycles. The molecule has 3 aromatic rings. The summed E-state index contributed by atoms with van der Waals surface area (Å²) in [5, 5.41) is 4.34. The van der Waals surface area contributed by atoms with Gasteiger partial charge in [-0.2, -0.15) is 5.10 Å². The van der Waals surface area contributed by atoms with Crippen LogP contribution in [0.25, 0.3) is 11.5 Å². The van der Waals surface area contributed by atoms with Gasteiger partial charge in [0.2, 0.25) is 0 Å². The van der Waals surface area contributed by atoms with E-state index >= 15 is 0 Å². The van der Waals surface area contributed by atoms with Gasteiger partial charge in [0.25, 0.3) is 0 Å². The Morgan fingerprint density at radius 1 is 1.17 bits per heavy atom. The van der Waals surface area contributed by atoms with Gasteiger partial charge < -0.3 is 4.42 Å². The average molecular weight is 239 g/mol. The van der Waals surface area contributed by atoms with Crippen molar-refractivity contribution in [3.05, 3.63) is 60.2 Å². The number of aryl methyl sites for hydroxylation is 1. The molecule has 18 heavy (non-hydrogen) atoms. The molecule has 0 spiro atoms. The maximum absolute atomic E-state index is 5.45. The summed E-state index contributed by atoms with van der Waals surface area (Å²) in [7, 11) is 1.89. The standard InChI is InChI=1S/C14H13N3O/c1-17-8-7-12(16-17)14-13(15-10-18-14)9-11-5-3-2-4-6-11/h2-8,10H,9H2,1H3. The average Bonchev–Trinajstić information content (AvgIpc) is 2.99. The molecule has 90 valence electrons. The fourth-order valence-electron chi connectivity index (χ4n) is 1.93. The zero-order chi connectivity index (χ0) is 12.4. The molecule has 0 saturated carbocycles. The van der Waals surface area contributed by atoms with Gasteiger partial charge in [-0.25, -0.2) is 4.98 Å². The second-order valence-electron chi connectivity index (χ2n) is 4.17. The summed E-state index contributed by atoms with van der Waals surface area (Å²) in [6.45, 7) is 0. The van der Waals surface area contributed by atoms with E-state index in [0.29, 0.717) is 0 Å². The van der Waals surface area contributed by atoms with Crippen molar-refractivity contribution in [3.8, 4) is 11.5 Å². The third kappa shape index (κ3) is 2.05. The Balaban J connectivity index is 1.93. The van der Waals surface area contributed by atoms with Crippen molar-refractivity contribution in [3.63, 3.8) is 0 Å². The molecule has 0 N–H and O–H groups in total. The van der Waals surface area contributed by atoms with Crippen LogP contribution in [0, 0.1) is 0 Å². The Morgan fingerprint density at radius 2 is 2.00 bits per heavy atom. The van der Waals surface area contributed by atoms with E-state index in [1.165, 1.54) is 12.0 Å². The second-order valence-corrected chi connectivity index (χ2v) is 4.17. The van der Waals surface area contributed by atoms with E-state index in [9.17, 15) is 0 Å². The Morgan fingerprint density at radius 3 is 2.72 bits per heavy atom. The molecule has 4 nitrogen and oxygen atoms in total. The summed E-state index contributed by atoms with van der Waals surface area (Å²) in [6.07, 6.45) is 4.12. The van der Waals surface area contributed by atoms with Crippen LogP contribution in [0.4, 0.5) is 0 Å². The molecule has 0 aliphatic heterocycles. The Bertz CT molecular complexity index is 640. The highest BCUT2D eigenvalue weighted by Gasteiger charge is 2.13. The van der Waals surface area contributed by atoms with Crippen molar-refractivity contribution in [2.24, 2.45) is 7.05 Å². The number of rotatable bonds is 3. The van der Waals surface area contributed by atoms with Crippen LogP contribution in [-0.4, -0.2) is 14.8 Å². The van der Waals surface area contributed by atoms with Crippen molar-refractivity contribution in [1.82, 2.24) is 14.8 Å².